The van der Waals surface area contributed by atoms with Gasteiger partial charge in [0.1, 0.15) is 17.5 Å². The van der Waals surface area contributed by atoms with Crippen molar-refractivity contribution in [3.8, 4) is 11.5 Å². The monoisotopic (exact) mass is 303 g/mol. The number of anilines is 1. The first-order valence-electron chi connectivity index (χ1n) is 7.05. The number of ether oxygens (including phenoxy) is 2. The first-order chi connectivity index (χ1) is 10.6. The lowest BCUT2D eigenvalue weighted by atomic mass is 10.2. The van der Waals surface area contributed by atoms with E-state index in [4.69, 9.17) is 9.47 Å². The van der Waals surface area contributed by atoms with Crippen molar-refractivity contribution in [2.75, 3.05) is 11.9 Å². The fourth-order valence-electron chi connectivity index (χ4n) is 1.88. The van der Waals surface area contributed by atoms with Gasteiger partial charge >= 0.3 is 0 Å². The molecule has 1 N–H and O–H groups in total. The van der Waals surface area contributed by atoms with Gasteiger partial charge in [0.15, 0.2) is 11.6 Å². The van der Waals surface area contributed by atoms with Gasteiger partial charge in [-0.15, -0.1) is 0 Å². The predicted molar refractivity (Wildman–Crippen MR) is 82.6 cm³/mol. The molecule has 0 aliphatic heterocycles. The quantitative estimate of drug-likeness (QED) is 0.878. The molecule has 2 aromatic carbocycles. The minimum absolute atomic E-state index is 0.00269. The van der Waals surface area contributed by atoms with Gasteiger partial charge in [-0.3, -0.25) is 4.79 Å². The highest BCUT2D eigenvalue weighted by atomic mass is 19.1. The third-order valence-corrected chi connectivity index (χ3v) is 2.98. The van der Waals surface area contributed by atoms with Gasteiger partial charge in [-0.1, -0.05) is 24.3 Å². The van der Waals surface area contributed by atoms with Gasteiger partial charge in [-0.25, -0.2) is 4.39 Å². The number of carbonyl (C=O) groups is 1. The first kappa shape index (κ1) is 16.0. The zero-order valence-electron chi connectivity index (χ0n) is 12.5. The van der Waals surface area contributed by atoms with Crippen LogP contribution in [0.3, 0.4) is 0 Å². The van der Waals surface area contributed by atoms with Crippen molar-refractivity contribution >= 4 is 11.6 Å². The Morgan fingerprint density at radius 1 is 1.18 bits per heavy atom. The number of hydrogen-bond acceptors (Lipinski definition) is 3. The molecule has 0 saturated heterocycles. The highest BCUT2D eigenvalue weighted by molar-refractivity contribution is 5.95. The zero-order chi connectivity index (χ0) is 15.9. The minimum atomic E-state index is -0.672. The summed E-state index contributed by atoms with van der Waals surface area (Å²) in [5.74, 6) is -0.194. The smallest absolute Gasteiger partial charge is 0.253 e. The maximum Gasteiger partial charge on any atom is 0.253 e. The average Bonchev–Trinajstić information content (AvgIpc) is 2.52. The van der Waals surface area contributed by atoms with Crippen molar-refractivity contribution < 1.29 is 18.7 Å². The molecule has 0 radical (unpaired) electrons. The van der Waals surface area contributed by atoms with E-state index in [-0.39, 0.29) is 11.4 Å². The SMILES string of the molecule is CCOC(C)C(=O)Nc1c(F)cccc1Oc1ccccc1. The number of para-hydroxylation sites is 2. The molecule has 0 aliphatic rings. The summed E-state index contributed by atoms with van der Waals surface area (Å²) in [7, 11) is 0. The molecule has 1 unspecified atom stereocenters. The molecular formula is C17H18FNO3. The van der Waals surface area contributed by atoms with E-state index >= 15 is 0 Å². The molecule has 5 heteroatoms. The van der Waals surface area contributed by atoms with Crippen LogP contribution in [0.4, 0.5) is 10.1 Å². The number of nitrogens with one attached hydrogen (secondary N) is 1. The Kier molecular flexibility index (Phi) is 5.49. The molecule has 0 saturated carbocycles. The van der Waals surface area contributed by atoms with E-state index in [9.17, 15) is 9.18 Å². The predicted octanol–water partition coefficient (Wildman–Crippen LogP) is 3.98. The van der Waals surface area contributed by atoms with Crippen LogP contribution in [0.15, 0.2) is 48.5 Å². The molecule has 0 aromatic heterocycles. The highest BCUT2D eigenvalue weighted by Gasteiger charge is 2.18. The number of rotatable bonds is 6. The number of halogens is 1. The molecule has 1 atom stereocenters. The van der Waals surface area contributed by atoms with E-state index in [1.54, 1.807) is 32.0 Å². The first-order valence-corrected chi connectivity index (χ1v) is 7.05. The molecule has 1 amide bonds. The van der Waals surface area contributed by atoms with Crippen molar-refractivity contribution in [2.24, 2.45) is 0 Å². The van der Waals surface area contributed by atoms with Gasteiger partial charge in [-0.05, 0) is 38.1 Å². The number of carbonyl (C=O) groups excluding carboxylic acids is 1. The summed E-state index contributed by atoms with van der Waals surface area (Å²) in [5.41, 5.74) is 0.00269. The lowest BCUT2D eigenvalue weighted by Crippen LogP contribution is -2.28. The Morgan fingerprint density at radius 2 is 1.91 bits per heavy atom. The van der Waals surface area contributed by atoms with E-state index in [1.807, 2.05) is 18.2 Å². The Balaban J connectivity index is 2.21. The molecule has 0 bridgehead atoms. The summed E-state index contributed by atoms with van der Waals surface area (Å²) in [5, 5.41) is 2.52. The van der Waals surface area contributed by atoms with E-state index in [0.717, 1.165) is 0 Å². The summed E-state index contributed by atoms with van der Waals surface area (Å²) in [6.45, 7) is 3.80. The molecule has 2 aromatic rings. The van der Waals surface area contributed by atoms with E-state index < -0.39 is 17.8 Å². The second kappa shape index (κ2) is 7.56. The van der Waals surface area contributed by atoms with Gasteiger partial charge in [0.05, 0.1) is 0 Å². The summed E-state index contributed by atoms with van der Waals surface area (Å²) in [4.78, 5) is 12.0. The number of hydrogen-bond donors (Lipinski definition) is 1. The lowest BCUT2D eigenvalue weighted by molar-refractivity contribution is -0.126. The summed E-state index contributed by atoms with van der Waals surface area (Å²) in [6.07, 6.45) is -0.672. The van der Waals surface area contributed by atoms with Crippen molar-refractivity contribution in [3.63, 3.8) is 0 Å². The molecule has 0 spiro atoms. The summed E-state index contributed by atoms with van der Waals surface area (Å²) >= 11 is 0. The van der Waals surface area contributed by atoms with Gasteiger partial charge in [-0.2, -0.15) is 0 Å². The topological polar surface area (TPSA) is 47.6 Å². The van der Waals surface area contributed by atoms with Crippen molar-refractivity contribution in [2.45, 2.75) is 20.0 Å². The van der Waals surface area contributed by atoms with Crippen LogP contribution in [-0.4, -0.2) is 18.6 Å². The Morgan fingerprint density at radius 3 is 2.59 bits per heavy atom. The standard InChI is InChI=1S/C17H18FNO3/c1-3-21-12(2)17(20)19-16-14(18)10-7-11-15(16)22-13-8-5-4-6-9-13/h4-12H,3H2,1-2H3,(H,19,20). The Labute approximate surface area is 128 Å². The van der Waals surface area contributed by atoms with Gasteiger partial charge < -0.3 is 14.8 Å². The third kappa shape index (κ3) is 4.05. The maximum absolute atomic E-state index is 14.0. The summed E-state index contributed by atoms with van der Waals surface area (Å²) in [6, 6.07) is 13.3. The fraction of sp³-hybridized carbons (Fsp3) is 0.235. The summed E-state index contributed by atoms with van der Waals surface area (Å²) < 4.78 is 24.9. The second-order valence-electron chi connectivity index (χ2n) is 4.61. The second-order valence-corrected chi connectivity index (χ2v) is 4.61. The van der Waals surface area contributed by atoms with Crippen molar-refractivity contribution in [1.29, 1.82) is 0 Å². The van der Waals surface area contributed by atoms with Crippen LogP contribution < -0.4 is 10.1 Å². The molecule has 116 valence electrons. The Bertz CT molecular complexity index is 631. The minimum Gasteiger partial charge on any atom is -0.455 e. The number of benzene rings is 2. The normalized spacial score (nSPS) is 11.8. The molecule has 2 rings (SSSR count). The van der Waals surface area contributed by atoms with Gasteiger partial charge in [0.25, 0.3) is 5.91 Å². The molecule has 0 aliphatic carbocycles. The van der Waals surface area contributed by atoms with Crippen LogP contribution in [0.1, 0.15) is 13.8 Å². The Hall–Kier alpha value is -2.40. The molecular weight excluding hydrogens is 285 g/mol. The van der Waals surface area contributed by atoms with Gasteiger partial charge in [0.2, 0.25) is 0 Å². The van der Waals surface area contributed by atoms with E-state index in [1.165, 1.54) is 12.1 Å². The van der Waals surface area contributed by atoms with Crippen LogP contribution in [0.5, 0.6) is 11.5 Å². The van der Waals surface area contributed by atoms with Crippen LogP contribution in [0.2, 0.25) is 0 Å². The molecule has 22 heavy (non-hydrogen) atoms. The lowest BCUT2D eigenvalue weighted by Gasteiger charge is -2.16. The number of amides is 1. The third-order valence-electron chi connectivity index (χ3n) is 2.98. The van der Waals surface area contributed by atoms with Crippen LogP contribution in [-0.2, 0) is 9.53 Å². The van der Waals surface area contributed by atoms with E-state index in [0.29, 0.717) is 12.4 Å². The van der Waals surface area contributed by atoms with Gasteiger partial charge in [0, 0.05) is 6.61 Å². The highest BCUT2D eigenvalue weighted by Crippen LogP contribution is 2.31. The van der Waals surface area contributed by atoms with Crippen molar-refractivity contribution in [3.05, 3.63) is 54.3 Å². The molecule has 4 nitrogen and oxygen atoms in total. The fourth-order valence-corrected chi connectivity index (χ4v) is 1.88. The van der Waals surface area contributed by atoms with Crippen LogP contribution in [0, 0.1) is 5.82 Å². The molecule has 0 heterocycles. The van der Waals surface area contributed by atoms with Crippen LogP contribution >= 0.6 is 0 Å². The zero-order valence-corrected chi connectivity index (χ0v) is 12.5. The maximum atomic E-state index is 14.0. The van der Waals surface area contributed by atoms with Crippen molar-refractivity contribution in [1.82, 2.24) is 0 Å². The average molecular weight is 303 g/mol. The molecule has 0 fully saturated rings. The largest absolute Gasteiger partial charge is 0.455 e. The van der Waals surface area contributed by atoms with E-state index in [2.05, 4.69) is 5.32 Å². The van der Waals surface area contributed by atoms with Crippen LogP contribution in [0.25, 0.3) is 0 Å².